The maximum absolute atomic E-state index is 15.4. The van der Waals surface area contributed by atoms with Gasteiger partial charge in [-0.3, -0.25) is 4.79 Å². The van der Waals surface area contributed by atoms with E-state index in [4.69, 9.17) is 16.3 Å². The minimum absolute atomic E-state index is 0.0281. The molecule has 1 aliphatic rings. The van der Waals surface area contributed by atoms with Gasteiger partial charge in [0.1, 0.15) is 23.5 Å². The highest BCUT2D eigenvalue weighted by molar-refractivity contribution is 7.89. The first-order chi connectivity index (χ1) is 23.5. The maximum atomic E-state index is 15.4. The minimum Gasteiger partial charge on any atom is -0.453 e. The van der Waals surface area contributed by atoms with Gasteiger partial charge in [0.15, 0.2) is 0 Å². The smallest absolute Gasteiger partial charge is 0.407 e. The molecule has 0 aliphatic carbocycles. The predicted molar refractivity (Wildman–Crippen MR) is 179 cm³/mol. The number of carbonyl (C=O) groups is 2. The van der Waals surface area contributed by atoms with E-state index in [9.17, 15) is 26.8 Å². The summed E-state index contributed by atoms with van der Waals surface area (Å²) in [5, 5.41) is 8.71. The highest BCUT2D eigenvalue weighted by Crippen LogP contribution is 2.32. The molecule has 1 saturated heterocycles. The molecule has 1 aliphatic heterocycles. The molecule has 49 heavy (non-hydrogen) atoms. The van der Waals surface area contributed by atoms with Crippen LogP contribution in [0.2, 0.25) is 5.02 Å². The van der Waals surface area contributed by atoms with Crippen LogP contribution in [0.15, 0.2) is 95.9 Å². The Morgan fingerprint density at radius 3 is 2.33 bits per heavy atom. The number of rotatable bonds is 11. The van der Waals surface area contributed by atoms with Crippen LogP contribution in [0.5, 0.6) is 0 Å². The number of nitrogens with zero attached hydrogens (tertiary/aromatic N) is 1. The van der Waals surface area contributed by atoms with Crippen molar-refractivity contribution < 1.29 is 35.9 Å². The highest BCUT2D eigenvalue weighted by Gasteiger charge is 2.36. The van der Waals surface area contributed by atoms with Crippen molar-refractivity contribution in [3.8, 4) is 0 Å². The molecule has 0 bridgehead atoms. The van der Waals surface area contributed by atoms with E-state index < -0.39 is 57.5 Å². The molecule has 1 fully saturated rings. The Kier molecular flexibility index (Phi) is 11.6. The Labute approximate surface area is 287 Å². The first kappa shape index (κ1) is 35.9. The number of hydrogen-bond donors (Lipinski definition) is 3. The van der Waals surface area contributed by atoms with Gasteiger partial charge in [-0.15, -0.1) is 0 Å². The van der Waals surface area contributed by atoms with Gasteiger partial charge in [0.2, 0.25) is 15.9 Å². The number of hydrogen-bond acceptors (Lipinski definition) is 6. The van der Waals surface area contributed by atoms with Crippen LogP contribution >= 0.6 is 11.6 Å². The zero-order valence-corrected chi connectivity index (χ0v) is 27.9. The number of alkyl carbamates (subject to hydrolysis) is 1. The van der Waals surface area contributed by atoms with Crippen molar-refractivity contribution >= 4 is 39.3 Å². The Morgan fingerprint density at radius 1 is 0.959 bits per heavy atom. The van der Waals surface area contributed by atoms with Gasteiger partial charge in [0, 0.05) is 53.9 Å². The van der Waals surface area contributed by atoms with Gasteiger partial charge >= 0.3 is 6.09 Å². The van der Waals surface area contributed by atoms with Crippen molar-refractivity contribution in [1.82, 2.24) is 14.9 Å². The number of carbonyl (C=O) groups excluding carboxylic acids is 2. The van der Waals surface area contributed by atoms with Gasteiger partial charge in [-0.25, -0.2) is 26.4 Å². The number of halogens is 4. The number of benzene rings is 4. The van der Waals surface area contributed by atoms with Crippen LogP contribution in [0.4, 0.5) is 23.7 Å². The molecule has 3 N–H and O–H groups in total. The van der Waals surface area contributed by atoms with E-state index in [1.807, 2.05) is 0 Å². The highest BCUT2D eigenvalue weighted by atomic mass is 35.5. The molecule has 0 spiro atoms. The number of ether oxygens (including phenoxy) is 1. The van der Waals surface area contributed by atoms with Crippen LogP contribution in [0.1, 0.15) is 29.0 Å². The summed E-state index contributed by atoms with van der Waals surface area (Å²) in [5.74, 6) is -4.44. The lowest BCUT2D eigenvalue weighted by Crippen LogP contribution is -2.53. The summed E-state index contributed by atoms with van der Waals surface area (Å²) < 4.78 is 77.6. The third-order valence-electron chi connectivity index (χ3n) is 8.30. The van der Waals surface area contributed by atoms with E-state index in [-0.39, 0.29) is 41.1 Å². The zero-order chi connectivity index (χ0) is 35.1. The van der Waals surface area contributed by atoms with E-state index in [1.165, 1.54) is 46.8 Å². The zero-order valence-electron chi connectivity index (χ0n) is 26.3. The van der Waals surface area contributed by atoms with Crippen LogP contribution in [0, 0.1) is 17.5 Å². The molecule has 0 saturated carbocycles. The molecule has 4 aromatic rings. The molecule has 4 aromatic carbocycles. The van der Waals surface area contributed by atoms with E-state index >= 15 is 4.39 Å². The van der Waals surface area contributed by atoms with Crippen LogP contribution in [0.3, 0.4) is 0 Å². The summed E-state index contributed by atoms with van der Waals surface area (Å²) in [6.45, 7) is 0.999. The molecule has 2 amide bonds. The van der Waals surface area contributed by atoms with Crippen molar-refractivity contribution in [2.75, 3.05) is 32.1 Å². The summed E-state index contributed by atoms with van der Waals surface area (Å²) in [6, 6.07) is 19.0. The van der Waals surface area contributed by atoms with Crippen molar-refractivity contribution in [1.29, 1.82) is 0 Å². The number of methoxy groups -OCH3 is 1. The Bertz CT molecular complexity index is 1880. The minimum atomic E-state index is -3.84. The average Bonchev–Trinajstić information content (AvgIpc) is 3.08. The Morgan fingerprint density at radius 2 is 1.65 bits per heavy atom. The Balaban J connectivity index is 1.46. The molecule has 1 heterocycles. The lowest BCUT2D eigenvalue weighted by atomic mass is 9.84. The summed E-state index contributed by atoms with van der Waals surface area (Å²) in [4.78, 5) is 26.8. The Hall–Kier alpha value is -4.43. The quantitative estimate of drug-likeness (QED) is 0.180. The molecule has 0 aromatic heterocycles. The SMILES string of the molecule is COC(=O)N[C@H](C(=O)Nc1cccc(F)c1CC[C@H]1CNCCN1S(=O)(=O)c1ccccc1)[C@@H](c1ccc(Cl)cc1)c1cc(F)cc(F)c1. The lowest BCUT2D eigenvalue weighted by molar-refractivity contribution is -0.118. The van der Waals surface area contributed by atoms with Gasteiger partial charge in [-0.05, 0) is 72.5 Å². The summed E-state index contributed by atoms with van der Waals surface area (Å²) in [7, 11) is -2.74. The fourth-order valence-corrected chi connectivity index (χ4v) is 7.77. The van der Waals surface area contributed by atoms with Gasteiger partial charge < -0.3 is 20.7 Å². The number of piperazine rings is 1. The molecular weight excluding hydrogens is 681 g/mol. The maximum Gasteiger partial charge on any atom is 0.407 e. The second-order valence-corrected chi connectivity index (χ2v) is 13.8. The van der Waals surface area contributed by atoms with Gasteiger partial charge in [0.25, 0.3) is 0 Å². The molecule has 0 unspecified atom stereocenters. The molecule has 5 rings (SSSR count). The lowest BCUT2D eigenvalue weighted by Gasteiger charge is -2.35. The van der Waals surface area contributed by atoms with Crippen molar-refractivity contribution in [3.63, 3.8) is 0 Å². The first-order valence-corrected chi connectivity index (χ1v) is 17.2. The van der Waals surface area contributed by atoms with Gasteiger partial charge in [0.05, 0.1) is 12.0 Å². The topological polar surface area (TPSA) is 117 Å². The monoisotopic (exact) mass is 714 g/mol. The van der Waals surface area contributed by atoms with Crippen molar-refractivity contribution in [2.45, 2.75) is 35.7 Å². The van der Waals surface area contributed by atoms with Crippen molar-refractivity contribution in [3.05, 3.63) is 130 Å². The first-order valence-electron chi connectivity index (χ1n) is 15.4. The second kappa shape index (κ2) is 15.9. The number of sulfonamides is 1. The summed E-state index contributed by atoms with van der Waals surface area (Å²) in [5.41, 5.74) is 0.591. The molecular formula is C35H34ClF3N4O5S. The number of amides is 2. The normalized spacial score (nSPS) is 16.4. The van der Waals surface area contributed by atoms with E-state index in [0.29, 0.717) is 29.7 Å². The van der Waals surface area contributed by atoms with Crippen LogP contribution in [0.25, 0.3) is 0 Å². The molecule has 9 nitrogen and oxygen atoms in total. The van der Waals surface area contributed by atoms with Gasteiger partial charge in [-0.2, -0.15) is 4.31 Å². The summed E-state index contributed by atoms with van der Waals surface area (Å²) >= 11 is 6.09. The standard InChI is InChI=1S/C35H34ClF3N4O5S/c1-48-35(45)42-33(32(22-10-12-24(36)13-11-22)23-18-25(37)20-26(38)19-23)34(44)41-31-9-5-8-30(39)29(31)15-14-27-21-40-16-17-43(27)49(46,47)28-6-3-2-4-7-28/h2-13,18-20,27,32-33,40H,14-17,21H2,1H3,(H,41,44)(H,42,45)/t27-,32-,33-/m0/s1. The van der Waals surface area contributed by atoms with E-state index in [2.05, 4.69) is 16.0 Å². The average molecular weight is 715 g/mol. The van der Waals surface area contributed by atoms with Crippen molar-refractivity contribution in [2.24, 2.45) is 0 Å². The van der Waals surface area contributed by atoms with Crippen LogP contribution in [-0.2, 0) is 26.0 Å². The third kappa shape index (κ3) is 8.60. The molecule has 3 atom stereocenters. The number of anilines is 1. The predicted octanol–water partition coefficient (Wildman–Crippen LogP) is 5.85. The molecule has 258 valence electrons. The second-order valence-electron chi connectivity index (χ2n) is 11.4. The van der Waals surface area contributed by atoms with Crippen LogP contribution in [-0.4, -0.2) is 63.6 Å². The molecule has 14 heteroatoms. The largest absolute Gasteiger partial charge is 0.453 e. The molecule has 0 radical (unpaired) electrons. The van der Waals surface area contributed by atoms with Gasteiger partial charge in [-0.1, -0.05) is 48.0 Å². The number of nitrogens with one attached hydrogen (secondary N) is 3. The summed E-state index contributed by atoms with van der Waals surface area (Å²) in [6.07, 6.45) is -0.747. The van der Waals surface area contributed by atoms with E-state index in [1.54, 1.807) is 30.3 Å². The fraction of sp³-hybridized carbons (Fsp3) is 0.257. The third-order valence-corrected chi connectivity index (χ3v) is 10.5. The van der Waals surface area contributed by atoms with Crippen LogP contribution < -0.4 is 16.0 Å². The van der Waals surface area contributed by atoms with E-state index in [0.717, 1.165) is 19.2 Å². The fourth-order valence-electron chi connectivity index (χ4n) is 5.97.